The molecule has 1 atom stereocenters. The molecule has 5 nitrogen and oxygen atoms in total. The second-order valence-corrected chi connectivity index (χ2v) is 5.02. The first-order chi connectivity index (χ1) is 9.02. The normalized spacial score (nSPS) is 12.9. The summed E-state index contributed by atoms with van der Waals surface area (Å²) in [6.45, 7) is 7.21. The Hall–Kier alpha value is -1.62. The van der Waals surface area contributed by atoms with Crippen LogP contribution in [-0.2, 0) is 20.5 Å². The zero-order valence-electron chi connectivity index (χ0n) is 12.4. The van der Waals surface area contributed by atoms with Crippen LogP contribution in [0.2, 0.25) is 0 Å². The van der Waals surface area contributed by atoms with Crippen LogP contribution in [0.3, 0.4) is 0 Å². The first-order valence-electron chi connectivity index (χ1n) is 6.74. The fourth-order valence-corrected chi connectivity index (χ4v) is 2.46. The summed E-state index contributed by atoms with van der Waals surface area (Å²) >= 11 is 0. The van der Waals surface area contributed by atoms with Crippen molar-refractivity contribution in [3.05, 3.63) is 34.9 Å². The van der Waals surface area contributed by atoms with E-state index in [1.54, 1.807) is 0 Å². The minimum Gasteiger partial charge on any atom is -0.310 e. The third-order valence-corrected chi connectivity index (χ3v) is 3.61. The van der Waals surface area contributed by atoms with E-state index >= 15 is 0 Å². The average molecular weight is 261 g/mol. The molecule has 0 fully saturated rings. The molecule has 1 unspecified atom stereocenters. The highest BCUT2D eigenvalue weighted by Crippen LogP contribution is 2.21. The molecule has 0 bridgehead atoms. The fourth-order valence-electron chi connectivity index (χ4n) is 2.46. The van der Waals surface area contributed by atoms with Crippen molar-refractivity contribution in [3.8, 4) is 0 Å². The first-order valence-corrected chi connectivity index (χ1v) is 6.74. The van der Waals surface area contributed by atoms with Crippen LogP contribution in [0, 0.1) is 13.8 Å². The smallest absolute Gasteiger partial charge is 0.0596 e. The fraction of sp³-hybridized carbons (Fsp3) is 0.571. The minimum atomic E-state index is 0.286. The second-order valence-electron chi connectivity index (χ2n) is 5.02. The molecule has 2 heterocycles. The SMILES string of the molecule is CCNC(Cc1cc(C)nn1C)c1cnn(C)c1C. The number of nitrogens with one attached hydrogen (secondary N) is 1. The van der Waals surface area contributed by atoms with Crippen molar-refractivity contribution in [2.24, 2.45) is 14.1 Å². The summed E-state index contributed by atoms with van der Waals surface area (Å²) in [5.41, 5.74) is 4.79. The third kappa shape index (κ3) is 2.87. The number of aryl methyl sites for hydroxylation is 3. The monoisotopic (exact) mass is 261 g/mol. The Morgan fingerprint density at radius 2 is 2.00 bits per heavy atom. The van der Waals surface area contributed by atoms with Crippen molar-refractivity contribution < 1.29 is 0 Å². The van der Waals surface area contributed by atoms with E-state index in [4.69, 9.17) is 0 Å². The molecule has 0 aliphatic carbocycles. The maximum Gasteiger partial charge on any atom is 0.0596 e. The molecule has 0 aliphatic heterocycles. The molecule has 2 aromatic rings. The van der Waals surface area contributed by atoms with Crippen LogP contribution in [0.5, 0.6) is 0 Å². The quantitative estimate of drug-likeness (QED) is 0.890. The van der Waals surface area contributed by atoms with Gasteiger partial charge in [-0.15, -0.1) is 0 Å². The number of nitrogens with zero attached hydrogens (tertiary/aromatic N) is 4. The average Bonchev–Trinajstić information content (AvgIpc) is 2.83. The van der Waals surface area contributed by atoms with E-state index in [2.05, 4.69) is 35.4 Å². The Kier molecular flexibility index (Phi) is 4.04. The third-order valence-electron chi connectivity index (χ3n) is 3.61. The van der Waals surface area contributed by atoms with Crippen LogP contribution in [-0.4, -0.2) is 26.1 Å². The van der Waals surface area contributed by atoms with Gasteiger partial charge in [-0.25, -0.2) is 0 Å². The number of hydrogen-bond donors (Lipinski definition) is 1. The van der Waals surface area contributed by atoms with E-state index in [1.807, 2.05) is 36.6 Å². The molecule has 0 amide bonds. The summed E-state index contributed by atoms with van der Waals surface area (Å²) in [6.07, 6.45) is 2.89. The highest BCUT2D eigenvalue weighted by Gasteiger charge is 2.18. The Balaban J connectivity index is 2.26. The summed E-state index contributed by atoms with van der Waals surface area (Å²) in [5, 5.41) is 12.3. The number of likely N-dealkylation sites (N-methyl/N-ethyl adjacent to an activating group) is 1. The van der Waals surface area contributed by atoms with Crippen molar-refractivity contribution in [1.29, 1.82) is 0 Å². The van der Waals surface area contributed by atoms with Gasteiger partial charge >= 0.3 is 0 Å². The molecule has 0 spiro atoms. The molecule has 1 N–H and O–H groups in total. The van der Waals surface area contributed by atoms with Crippen molar-refractivity contribution in [3.63, 3.8) is 0 Å². The lowest BCUT2D eigenvalue weighted by molar-refractivity contribution is 0.525. The van der Waals surface area contributed by atoms with Gasteiger partial charge in [-0.2, -0.15) is 10.2 Å². The van der Waals surface area contributed by atoms with Crippen molar-refractivity contribution in [2.45, 2.75) is 33.2 Å². The zero-order chi connectivity index (χ0) is 14.0. The van der Waals surface area contributed by atoms with Crippen LogP contribution >= 0.6 is 0 Å². The topological polar surface area (TPSA) is 47.7 Å². The molecule has 0 saturated heterocycles. The molecule has 2 aromatic heterocycles. The zero-order valence-corrected chi connectivity index (χ0v) is 12.4. The van der Waals surface area contributed by atoms with E-state index in [1.165, 1.54) is 17.0 Å². The van der Waals surface area contributed by atoms with Crippen LogP contribution < -0.4 is 5.32 Å². The van der Waals surface area contributed by atoms with Crippen molar-refractivity contribution in [1.82, 2.24) is 24.9 Å². The van der Waals surface area contributed by atoms with Gasteiger partial charge in [0.05, 0.1) is 11.9 Å². The number of aromatic nitrogens is 4. The second kappa shape index (κ2) is 5.57. The number of rotatable bonds is 5. The molecule has 104 valence electrons. The predicted molar refractivity (Wildman–Crippen MR) is 76.0 cm³/mol. The van der Waals surface area contributed by atoms with Crippen LogP contribution in [0.4, 0.5) is 0 Å². The maximum absolute atomic E-state index is 4.41. The molecular formula is C14H23N5. The molecular weight excluding hydrogens is 238 g/mol. The van der Waals surface area contributed by atoms with Gasteiger partial charge in [0.15, 0.2) is 0 Å². The van der Waals surface area contributed by atoms with Gasteiger partial charge in [-0.1, -0.05) is 6.92 Å². The van der Waals surface area contributed by atoms with Gasteiger partial charge in [0.1, 0.15) is 0 Å². The minimum absolute atomic E-state index is 0.286. The lowest BCUT2D eigenvalue weighted by atomic mass is 10.0. The summed E-state index contributed by atoms with van der Waals surface area (Å²) < 4.78 is 3.89. The first kappa shape index (κ1) is 13.8. The summed E-state index contributed by atoms with van der Waals surface area (Å²) in [6, 6.07) is 2.43. The molecule has 0 aliphatic rings. The lowest BCUT2D eigenvalue weighted by Crippen LogP contribution is -2.24. The molecule has 0 aromatic carbocycles. The van der Waals surface area contributed by atoms with Gasteiger partial charge in [-0.3, -0.25) is 9.36 Å². The Morgan fingerprint density at radius 1 is 1.26 bits per heavy atom. The molecule has 0 radical (unpaired) electrons. The van der Waals surface area contributed by atoms with Crippen LogP contribution in [0.15, 0.2) is 12.3 Å². The van der Waals surface area contributed by atoms with Gasteiger partial charge < -0.3 is 5.32 Å². The van der Waals surface area contributed by atoms with E-state index in [9.17, 15) is 0 Å². The Labute approximate surface area is 114 Å². The number of hydrogen-bond acceptors (Lipinski definition) is 3. The highest BCUT2D eigenvalue weighted by molar-refractivity contribution is 5.23. The van der Waals surface area contributed by atoms with E-state index < -0.39 is 0 Å². The van der Waals surface area contributed by atoms with Gasteiger partial charge in [0.2, 0.25) is 0 Å². The Bertz CT molecular complexity index is 552. The maximum atomic E-state index is 4.41. The summed E-state index contributed by atoms with van der Waals surface area (Å²) in [5.74, 6) is 0. The molecule has 19 heavy (non-hydrogen) atoms. The predicted octanol–water partition coefficient (Wildman–Crippen LogP) is 1.66. The van der Waals surface area contributed by atoms with Crippen LogP contribution in [0.25, 0.3) is 0 Å². The van der Waals surface area contributed by atoms with Crippen LogP contribution in [0.1, 0.15) is 35.6 Å². The largest absolute Gasteiger partial charge is 0.310 e. The highest BCUT2D eigenvalue weighted by atomic mass is 15.3. The molecule has 2 rings (SSSR count). The lowest BCUT2D eigenvalue weighted by Gasteiger charge is -2.17. The Morgan fingerprint density at radius 3 is 2.47 bits per heavy atom. The van der Waals surface area contributed by atoms with Gasteiger partial charge in [0, 0.05) is 43.5 Å². The summed E-state index contributed by atoms with van der Waals surface area (Å²) in [4.78, 5) is 0. The van der Waals surface area contributed by atoms with Crippen molar-refractivity contribution >= 4 is 0 Å². The van der Waals surface area contributed by atoms with E-state index in [0.717, 1.165) is 18.7 Å². The molecule has 5 heteroatoms. The van der Waals surface area contributed by atoms with Crippen molar-refractivity contribution in [2.75, 3.05) is 6.54 Å². The molecule has 0 saturated carbocycles. The van der Waals surface area contributed by atoms with Gasteiger partial charge in [-0.05, 0) is 26.5 Å². The van der Waals surface area contributed by atoms with Gasteiger partial charge in [0.25, 0.3) is 0 Å². The van der Waals surface area contributed by atoms with E-state index in [-0.39, 0.29) is 6.04 Å². The standard InChI is InChI=1S/C14H23N5/c1-6-15-14(13-9-16-18(4)11(13)3)8-12-7-10(2)17-19(12)5/h7,9,14-15H,6,8H2,1-5H3. The summed E-state index contributed by atoms with van der Waals surface area (Å²) in [7, 11) is 3.98. The van der Waals surface area contributed by atoms with E-state index in [0.29, 0.717) is 0 Å².